The highest BCUT2D eigenvalue weighted by Crippen LogP contribution is 2.48. The van der Waals surface area contributed by atoms with Gasteiger partial charge in [-0.25, -0.2) is 0 Å². The van der Waals surface area contributed by atoms with E-state index in [-0.39, 0.29) is 10.8 Å². The van der Waals surface area contributed by atoms with Crippen molar-refractivity contribution in [2.24, 2.45) is 11.3 Å². The average Bonchev–Trinajstić information content (AvgIpc) is 2.62. The lowest BCUT2D eigenvalue weighted by molar-refractivity contribution is -0.527. The molecule has 25 heavy (non-hydrogen) atoms. The van der Waals surface area contributed by atoms with Crippen LogP contribution in [-0.4, -0.2) is 34.6 Å². The first-order chi connectivity index (χ1) is 12.0. The third-order valence-corrected chi connectivity index (χ3v) is 6.54. The second kappa shape index (κ2) is 9.51. The Hall–Kier alpha value is -1.17. The molecule has 0 amide bonds. The van der Waals surface area contributed by atoms with E-state index < -0.39 is 17.4 Å². The molecule has 2 fully saturated rings. The van der Waals surface area contributed by atoms with E-state index in [1.807, 2.05) is 0 Å². The van der Waals surface area contributed by atoms with E-state index >= 15 is 0 Å². The number of nitrogens with zero attached hydrogens (tertiary/aromatic N) is 1. The van der Waals surface area contributed by atoms with Crippen LogP contribution in [0.4, 0.5) is 0 Å². The summed E-state index contributed by atoms with van der Waals surface area (Å²) in [5.74, 6) is -0.579. The van der Waals surface area contributed by atoms with E-state index in [0.717, 1.165) is 19.4 Å². The molecule has 0 saturated heterocycles. The summed E-state index contributed by atoms with van der Waals surface area (Å²) in [5, 5.41) is 24.5. The molecule has 2 aliphatic carbocycles. The maximum Gasteiger partial charge on any atom is 0.309 e. The first kappa shape index (κ1) is 20.1. The quantitative estimate of drug-likeness (QED) is 0.371. The number of carbonyl (C=O) groups is 1. The Balaban J connectivity index is 1.82. The average molecular weight is 354 g/mol. The minimum absolute atomic E-state index is 0.103. The van der Waals surface area contributed by atoms with Gasteiger partial charge in [-0.15, -0.1) is 0 Å². The minimum Gasteiger partial charge on any atom is -0.481 e. The summed E-state index contributed by atoms with van der Waals surface area (Å²) in [5.41, 5.74) is -0.651. The standard InChI is InChI=1S/C19H34N2O4/c1-2-3-4-5-14-20-16-10-12-19(13-11-16,18(22)23)15-6-8-17(9-7-15)21(24)25/h15-17,20H,2-14H2,1H3,(H,22,23). The molecule has 0 aromatic heterocycles. The van der Waals surface area contributed by atoms with Gasteiger partial charge in [0.1, 0.15) is 0 Å². The van der Waals surface area contributed by atoms with Gasteiger partial charge in [-0.3, -0.25) is 14.9 Å². The monoisotopic (exact) mass is 354 g/mol. The summed E-state index contributed by atoms with van der Waals surface area (Å²) in [7, 11) is 0. The van der Waals surface area contributed by atoms with E-state index in [4.69, 9.17) is 0 Å². The Morgan fingerprint density at radius 2 is 1.76 bits per heavy atom. The van der Waals surface area contributed by atoms with Crippen molar-refractivity contribution in [2.75, 3.05) is 6.54 Å². The number of unbranched alkanes of at least 4 members (excludes halogenated alkanes) is 3. The zero-order chi connectivity index (χ0) is 18.3. The van der Waals surface area contributed by atoms with Gasteiger partial charge in [0.25, 0.3) is 0 Å². The molecule has 0 unspecified atom stereocenters. The van der Waals surface area contributed by atoms with Crippen LogP contribution in [0.25, 0.3) is 0 Å². The Morgan fingerprint density at radius 1 is 1.12 bits per heavy atom. The van der Waals surface area contributed by atoms with Crippen molar-refractivity contribution in [2.45, 2.75) is 96.1 Å². The highest BCUT2D eigenvalue weighted by molar-refractivity contribution is 5.75. The predicted octanol–water partition coefficient (Wildman–Crippen LogP) is 4.01. The molecule has 0 bridgehead atoms. The Kier molecular flexibility index (Phi) is 7.66. The van der Waals surface area contributed by atoms with Crippen LogP contribution >= 0.6 is 0 Å². The van der Waals surface area contributed by atoms with Gasteiger partial charge < -0.3 is 10.4 Å². The van der Waals surface area contributed by atoms with E-state index in [1.165, 1.54) is 25.7 Å². The molecule has 0 aromatic rings. The van der Waals surface area contributed by atoms with Crippen molar-refractivity contribution in [3.05, 3.63) is 10.1 Å². The number of rotatable bonds is 9. The molecular weight excluding hydrogens is 320 g/mol. The van der Waals surface area contributed by atoms with Crippen LogP contribution in [0.1, 0.15) is 84.0 Å². The van der Waals surface area contributed by atoms with E-state index in [2.05, 4.69) is 12.2 Å². The molecule has 0 aromatic carbocycles. The molecular formula is C19H34N2O4. The van der Waals surface area contributed by atoms with Crippen LogP contribution in [-0.2, 0) is 4.79 Å². The number of hydrogen-bond acceptors (Lipinski definition) is 4. The van der Waals surface area contributed by atoms with Crippen LogP contribution in [0.15, 0.2) is 0 Å². The lowest BCUT2D eigenvalue weighted by Crippen LogP contribution is -2.47. The third kappa shape index (κ3) is 5.16. The van der Waals surface area contributed by atoms with Crippen LogP contribution < -0.4 is 5.32 Å². The molecule has 144 valence electrons. The Morgan fingerprint density at radius 3 is 2.28 bits per heavy atom. The first-order valence-electron chi connectivity index (χ1n) is 10.1. The number of nitrogens with one attached hydrogen (secondary N) is 1. The SMILES string of the molecule is CCCCCCNC1CCC(C(=O)O)(C2CCC([N+](=O)[O-])CC2)CC1. The number of hydrogen-bond donors (Lipinski definition) is 2. The fourth-order valence-electron chi connectivity index (χ4n) is 4.83. The molecule has 0 atom stereocenters. The van der Waals surface area contributed by atoms with Crippen LogP contribution in [0.3, 0.4) is 0 Å². The van der Waals surface area contributed by atoms with Gasteiger partial charge in [-0.2, -0.15) is 0 Å². The zero-order valence-electron chi connectivity index (χ0n) is 15.5. The maximum absolute atomic E-state index is 12.1. The number of nitro groups is 1. The molecule has 6 heteroatoms. The second-order valence-corrected chi connectivity index (χ2v) is 8.04. The molecule has 0 spiro atoms. The number of aliphatic carboxylic acids is 1. The molecule has 6 nitrogen and oxygen atoms in total. The van der Waals surface area contributed by atoms with Crippen molar-refractivity contribution in [3.63, 3.8) is 0 Å². The fraction of sp³-hybridized carbons (Fsp3) is 0.947. The Labute approximate surface area is 150 Å². The van der Waals surface area contributed by atoms with Crippen molar-refractivity contribution in [1.82, 2.24) is 5.32 Å². The van der Waals surface area contributed by atoms with Crippen LogP contribution in [0, 0.1) is 21.4 Å². The summed E-state index contributed by atoms with van der Waals surface area (Å²) in [6.07, 6.45) is 10.7. The number of carboxylic acid groups (broad SMARTS) is 1. The summed E-state index contributed by atoms with van der Waals surface area (Å²) in [6, 6.07) is -0.0348. The summed E-state index contributed by atoms with van der Waals surface area (Å²) >= 11 is 0. The van der Waals surface area contributed by atoms with Crippen LogP contribution in [0.2, 0.25) is 0 Å². The molecule has 2 rings (SSSR count). The highest BCUT2D eigenvalue weighted by atomic mass is 16.6. The molecule has 2 N–H and O–H groups in total. The van der Waals surface area contributed by atoms with E-state index in [9.17, 15) is 20.0 Å². The Bertz CT molecular complexity index is 439. The van der Waals surface area contributed by atoms with Gasteiger partial charge in [-0.1, -0.05) is 26.2 Å². The highest BCUT2D eigenvalue weighted by Gasteiger charge is 2.49. The molecule has 0 aliphatic heterocycles. The van der Waals surface area contributed by atoms with Crippen molar-refractivity contribution in [3.8, 4) is 0 Å². The fourth-order valence-corrected chi connectivity index (χ4v) is 4.83. The first-order valence-corrected chi connectivity index (χ1v) is 10.1. The van der Waals surface area contributed by atoms with Gasteiger partial charge in [0.2, 0.25) is 6.04 Å². The predicted molar refractivity (Wildman–Crippen MR) is 97.2 cm³/mol. The summed E-state index contributed by atoms with van der Waals surface area (Å²) < 4.78 is 0. The van der Waals surface area contributed by atoms with Crippen molar-refractivity contribution in [1.29, 1.82) is 0 Å². The lowest BCUT2D eigenvalue weighted by atomic mass is 9.60. The lowest BCUT2D eigenvalue weighted by Gasteiger charge is -2.44. The van der Waals surface area contributed by atoms with Gasteiger partial charge in [0.15, 0.2) is 0 Å². The topological polar surface area (TPSA) is 92.5 Å². The zero-order valence-corrected chi connectivity index (χ0v) is 15.5. The third-order valence-electron chi connectivity index (χ3n) is 6.54. The molecule has 2 saturated carbocycles. The molecule has 0 heterocycles. The molecule has 2 aliphatic rings. The van der Waals surface area contributed by atoms with Gasteiger partial charge >= 0.3 is 5.97 Å². The van der Waals surface area contributed by atoms with Gasteiger partial charge in [-0.05, 0) is 57.4 Å². The van der Waals surface area contributed by atoms with Crippen molar-refractivity contribution < 1.29 is 14.8 Å². The maximum atomic E-state index is 12.1. The van der Waals surface area contributed by atoms with E-state index in [1.54, 1.807) is 0 Å². The molecule has 0 radical (unpaired) electrons. The van der Waals surface area contributed by atoms with Gasteiger partial charge in [0, 0.05) is 23.8 Å². The van der Waals surface area contributed by atoms with Gasteiger partial charge in [0.05, 0.1) is 5.41 Å². The summed E-state index contributed by atoms with van der Waals surface area (Å²) in [6.45, 7) is 3.23. The minimum atomic E-state index is -0.682. The second-order valence-electron chi connectivity index (χ2n) is 8.04. The normalized spacial score (nSPS) is 33.1. The smallest absolute Gasteiger partial charge is 0.309 e. The summed E-state index contributed by atoms with van der Waals surface area (Å²) in [4.78, 5) is 22.8. The van der Waals surface area contributed by atoms with E-state index in [0.29, 0.717) is 44.6 Å². The largest absolute Gasteiger partial charge is 0.481 e. The van der Waals surface area contributed by atoms with Crippen LogP contribution in [0.5, 0.6) is 0 Å². The number of carboxylic acids is 1. The van der Waals surface area contributed by atoms with Crippen molar-refractivity contribution >= 4 is 5.97 Å².